The van der Waals surface area contributed by atoms with Crippen molar-refractivity contribution in [1.29, 1.82) is 0 Å². The molecule has 150 valence electrons. The molecule has 2 aromatic carbocycles. The van der Waals surface area contributed by atoms with Gasteiger partial charge in [0.15, 0.2) is 0 Å². The van der Waals surface area contributed by atoms with Crippen molar-refractivity contribution in [2.75, 3.05) is 12.4 Å². The number of methoxy groups -OCH3 is 1. The van der Waals surface area contributed by atoms with Crippen LogP contribution in [0.4, 0.5) is 5.69 Å². The zero-order chi connectivity index (χ0) is 20.8. The summed E-state index contributed by atoms with van der Waals surface area (Å²) in [7, 11) is 1.68. The van der Waals surface area contributed by atoms with Crippen LogP contribution in [0.15, 0.2) is 60.7 Å². The number of hydrogen-bond donors (Lipinski definition) is 1. The van der Waals surface area contributed by atoms with Crippen LogP contribution in [0.5, 0.6) is 11.5 Å². The van der Waals surface area contributed by atoms with Crippen LogP contribution in [0.3, 0.4) is 0 Å². The van der Waals surface area contributed by atoms with Crippen LogP contribution in [-0.4, -0.2) is 24.1 Å². The fourth-order valence-corrected chi connectivity index (χ4v) is 2.96. The fourth-order valence-electron chi connectivity index (χ4n) is 2.96. The molecule has 1 heterocycles. The summed E-state index contributed by atoms with van der Waals surface area (Å²) < 4.78 is 11.1. The zero-order valence-electron chi connectivity index (χ0n) is 17.2. The molecule has 0 aliphatic heterocycles. The Hall–Kier alpha value is -3.18. The maximum absolute atomic E-state index is 12.6. The van der Waals surface area contributed by atoms with Crippen molar-refractivity contribution in [2.45, 2.75) is 33.3 Å². The highest BCUT2D eigenvalue weighted by molar-refractivity contribution is 6.05. The Labute approximate surface area is 171 Å². The number of hydrogen-bond acceptors (Lipinski definition) is 4. The molecule has 1 amide bonds. The van der Waals surface area contributed by atoms with Gasteiger partial charge in [0.1, 0.15) is 11.5 Å². The van der Waals surface area contributed by atoms with Crippen LogP contribution >= 0.6 is 0 Å². The van der Waals surface area contributed by atoms with E-state index in [0.29, 0.717) is 29.1 Å². The Kier molecular flexibility index (Phi) is 6.62. The van der Waals surface area contributed by atoms with Gasteiger partial charge in [-0.2, -0.15) is 0 Å². The van der Waals surface area contributed by atoms with Crippen LogP contribution in [-0.2, 0) is 11.2 Å². The van der Waals surface area contributed by atoms with Gasteiger partial charge in [-0.15, -0.1) is 0 Å². The largest absolute Gasteiger partial charge is 0.457 e. The molecule has 0 aliphatic rings. The molecule has 3 aromatic rings. The highest BCUT2D eigenvalue weighted by Crippen LogP contribution is 2.24. The second kappa shape index (κ2) is 9.34. The minimum Gasteiger partial charge on any atom is -0.457 e. The van der Waals surface area contributed by atoms with Gasteiger partial charge in [0.05, 0.1) is 17.4 Å². The van der Waals surface area contributed by atoms with Crippen molar-refractivity contribution >= 4 is 11.6 Å². The Morgan fingerprint density at radius 1 is 1.03 bits per heavy atom. The van der Waals surface area contributed by atoms with Gasteiger partial charge in [0.25, 0.3) is 5.91 Å². The molecule has 0 fully saturated rings. The van der Waals surface area contributed by atoms with E-state index in [1.54, 1.807) is 7.11 Å². The predicted octanol–water partition coefficient (Wildman–Crippen LogP) is 5.32. The van der Waals surface area contributed by atoms with Crippen molar-refractivity contribution in [2.24, 2.45) is 0 Å². The smallest absolute Gasteiger partial charge is 0.257 e. The van der Waals surface area contributed by atoms with Crippen molar-refractivity contribution in [3.05, 3.63) is 83.2 Å². The highest BCUT2D eigenvalue weighted by atomic mass is 16.5. The Morgan fingerprint density at radius 3 is 2.45 bits per heavy atom. The number of rotatable bonds is 7. The highest BCUT2D eigenvalue weighted by Gasteiger charge is 2.12. The predicted molar refractivity (Wildman–Crippen MR) is 115 cm³/mol. The molecule has 0 bridgehead atoms. The number of aryl methyl sites for hydroxylation is 2. The molecule has 1 atom stereocenters. The molecule has 29 heavy (non-hydrogen) atoms. The molecule has 1 unspecified atom stereocenters. The summed E-state index contributed by atoms with van der Waals surface area (Å²) in [5.74, 6) is 1.31. The standard InChI is InChI=1S/C24H26N2O3/c1-16-6-5-7-22(14-16)29-21-11-8-19(9-12-21)26-24(27)23-13-10-20(25-18(23)3)15-17(2)28-4/h5-14,17H,15H2,1-4H3,(H,26,27). The molecule has 5 heteroatoms. The van der Waals surface area contributed by atoms with Crippen molar-refractivity contribution < 1.29 is 14.3 Å². The van der Waals surface area contributed by atoms with Crippen molar-refractivity contribution in [1.82, 2.24) is 4.98 Å². The number of carbonyl (C=O) groups is 1. The van der Waals surface area contributed by atoms with E-state index >= 15 is 0 Å². The Bertz CT molecular complexity index is 984. The molecule has 0 spiro atoms. The molecule has 0 aliphatic carbocycles. The number of nitrogens with zero attached hydrogens (tertiary/aromatic N) is 1. The average Bonchev–Trinajstić information content (AvgIpc) is 2.69. The first-order valence-electron chi connectivity index (χ1n) is 9.60. The average molecular weight is 390 g/mol. The second-order valence-corrected chi connectivity index (χ2v) is 7.08. The summed E-state index contributed by atoms with van der Waals surface area (Å²) in [4.78, 5) is 17.2. The minimum absolute atomic E-state index is 0.0853. The van der Waals surface area contributed by atoms with Crippen LogP contribution in [0, 0.1) is 13.8 Å². The van der Waals surface area contributed by atoms with E-state index in [1.807, 2.05) is 81.4 Å². The van der Waals surface area contributed by atoms with E-state index in [-0.39, 0.29) is 12.0 Å². The van der Waals surface area contributed by atoms with Gasteiger partial charge in [-0.1, -0.05) is 12.1 Å². The molecule has 0 saturated heterocycles. The van der Waals surface area contributed by atoms with Crippen LogP contribution < -0.4 is 10.1 Å². The molecule has 1 aromatic heterocycles. The molecule has 0 radical (unpaired) electrons. The summed E-state index contributed by atoms with van der Waals surface area (Å²) in [6, 6.07) is 18.8. The summed E-state index contributed by atoms with van der Waals surface area (Å²) in [5, 5.41) is 2.91. The van der Waals surface area contributed by atoms with Gasteiger partial charge >= 0.3 is 0 Å². The number of anilines is 1. The fraction of sp³-hybridized carbons (Fsp3) is 0.250. The van der Waals surface area contributed by atoms with E-state index < -0.39 is 0 Å². The van der Waals surface area contributed by atoms with Gasteiger partial charge in [-0.25, -0.2) is 0 Å². The van der Waals surface area contributed by atoms with E-state index in [0.717, 1.165) is 17.0 Å². The van der Waals surface area contributed by atoms with Crippen LogP contribution in [0.2, 0.25) is 0 Å². The van der Waals surface area contributed by atoms with Gasteiger partial charge in [0.2, 0.25) is 0 Å². The molecule has 5 nitrogen and oxygen atoms in total. The lowest BCUT2D eigenvalue weighted by Crippen LogP contribution is -2.16. The van der Waals surface area contributed by atoms with E-state index in [4.69, 9.17) is 9.47 Å². The number of benzene rings is 2. The summed E-state index contributed by atoms with van der Waals surface area (Å²) in [5.41, 5.74) is 3.99. The Morgan fingerprint density at radius 2 is 1.79 bits per heavy atom. The molecule has 0 saturated carbocycles. The summed E-state index contributed by atoms with van der Waals surface area (Å²) in [6.45, 7) is 5.85. The van der Waals surface area contributed by atoms with Gasteiger partial charge in [0, 0.05) is 24.9 Å². The van der Waals surface area contributed by atoms with Crippen molar-refractivity contribution in [3.63, 3.8) is 0 Å². The molecular formula is C24H26N2O3. The van der Waals surface area contributed by atoms with E-state index in [1.165, 1.54) is 0 Å². The van der Waals surface area contributed by atoms with E-state index in [2.05, 4.69) is 10.3 Å². The number of pyridine rings is 1. The van der Waals surface area contributed by atoms with E-state index in [9.17, 15) is 4.79 Å². The third-order valence-electron chi connectivity index (χ3n) is 4.62. The molecular weight excluding hydrogens is 364 g/mol. The van der Waals surface area contributed by atoms with Crippen molar-refractivity contribution in [3.8, 4) is 11.5 Å². The third-order valence-corrected chi connectivity index (χ3v) is 4.62. The minimum atomic E-state index is -0.186. The molecule has 3 rings (SSSR count). The summed E-state index contributed by atoms with van der Waals surface area (Å²) >= 11 is 0. The molecule has 1 N–H and O–H groups in total. The number of nitrogens with one attached hydrogen (secondary N) is 1. The maximum Gasteiger partial charge on any atom is 0.257 e. The zero-order valence-corrected chi connectivity index (χ0v) is 17.2. The third kappa shape index (κ3) is 5.65. The van der Waals surface area contributed by atoms with Crippen LogP contribution in [0.25, 0.3) is 0 Å². The maximum atomic E-state index is 12.6. The van der Waals surface area contributed by atoms with Crippen LogP contribution in [0.1, 0.15) is 34.2 Å². The lowest BCUT2D eigenvalue weighted by atomic mass is 10.1. The van der Waals surface area contributed by atoms with Gasteiger partial charge in [-0.3, -0.25) is 9.78 Å². The number of ether oxygens (including phenoxy) is 2. The lowest BCUT2D eigenvalue weighted by Gasteiger charge is -2.12. The Balaban J connectivity index is 1.64. The summed E-state index contributed by atoms with van der Waals surface area (Å²) in [6.07, 6.45) is 0.795. The number of aromatic nitrogens is 1. The first kappa shape index (κ1) is 20.6. The normalized spacial score (nSPS) is 11.7. The topological polar surface area (TPSA) is 60.5 Å². The number of carbonyl (C=O) groups excluding carboxylic acids is 1. The SMILES string of the molecule is COC(C)Cc1ccc(C(=O)Nc2ccc(Oc3cccc(C)c3)cc2)c(C)n1. The first-order chi connectivity index (χ1) is 13.9. The van der Waals surface area contributed by atoms with Gasteiger partial charge < -0.3 is 14.8 Å². The quantitative estimate of drug-likeness (QED) is 0.593. The second-order valence-electron chi connectivity index (χ2n) is 7.08. The first-order valence-corrected chi connectivity index (χ1v) is 9.60. The lowest BCUT2D eigenvalue weighted by molar-refractivity contribution is 0.102. The van der Waals surface area contributed by atoms with Gasteiger partial charge in [-0.05, 0) is 74.9 Å². The monoisotopic (exact) mass is 390 g/mol. The number of amides is 1.